The molecule has 0 unspecified atom stereocenters. The fourth-order valence-electron chi connectivity index (χ4n) is 4.23. The fraction of sp³-hybridized carbons (Fsp3) is 0.154. The Hall–Kier alpha value is -4.24. The van der Waals surface area contributed by atoms with Crippen molar-refractivity contribution in [3.63, 3.8) is 0 Å². The molecule has 1 saturated heterocycles. The highest BCUT2D eigenvalue weighted by Gasteiger charge is 2.27. The van der Waals surface area contributed by atoms with Crippen molar-refractivity contribution in [3.8, 4) is 16.9 Å². The third-order valence-corrected chi connectivity index (χ3v) is 6.47. The summed E-state index contributed by atoms with van der Waals surface area (Å²) in [5.41, 5.74) is 3.04. The van der Waals surface area contributed by atoms with Gasteiger partial charge in [0.25, 0.3) is 11.6 Å². The average molecular weight is 506 g/mol. The Kier molecular flexibility index (Phi) is 6.39. The second-order valence-electron chi connectivity index (χ2n) is 8.34. The predicted molar refractivity (Wildman–Crippen MR) is 135 cm³/mol. The van der Waals surface area contributed by atoms with Crippen LogP contribution in [-0.2, 0) is 0 Å². The van der Waals surface area contributed by atoms with Crippen LogP contribution in [0.2, 0.25) is 5.02 Å². The smallest absolute Gasteiger partial charge is 0.272 e. The number of benzene rings is 3. The molecule has 1 aliphatic rings. The quantitative estimate of drug-likeness (QED) is 0.275. The Bertz CT molecular complexity index is 1410. The first-order valence-electron chi connectivity index (χ1n) is 11.3. The van der Waals surface area contributed by atoms with Crippen LogP contribution in [0.25, 0.3) is 16.9 Å². The molecule has 1 fully saturated rings. The van der Waals surface area contributed by atoms with Crippen LogP contribution < -0.4 is 4.90 Å². The number of aromatic nitrogens is 2. The van der Waals surface area contributed by atoms with Crippen molar-refractivity contribution in [1.82, 2.24) is 14.7 Å². The number of rotatable bonds is 5. The molecule has 1 aromatic heterocycles. The minimum absolute atomic E-state index is 0.0379. The molecule has 2 heterocycles. The van der Waals surface area contributed by atoms with Gasteiger partial charge in [0.05, 0.1) is 21.3 Å². The zero-order chi connectivity index (χ0) is 25.2. The van der Waals surface area contributed by atoms with E-state index in [1.165, 1.54) is 28.9 Å². The second-order valence-corrected chi connectivity index (χ2v) is 8.74. The number of halogens is 2. The van der Waals surface area contributed by atoms with Crippen LogP contribution >= 0.6 is 11.6 Å². The first-order chi connectivity index (χ1) is 17.4. The highest BCUT2D eigenvalue weighted by molar-refractivity contribution is 6.33. The summed E-state index contributed by atoms with van der Waals surface area (Å²) in [6, 6.07) is 21.1. The lowest BCUT2D eigenvalue weighted by Crippen LogP contribution is -2.49. The zero-order valence-electron chi connectivity index (χ0n) is 19.1. The average Bonchev–Trinajstić information content (AvgIpc) is 3.34. The Labute approximate surface area is 211 Å². The van der Waals surface area contributed by atoms with E-state index in [1.807, 2.05) is 18.2 Å². The summed E-state index contributed by atoms with van der Waals surface area (Å²) in [7, 11) is 0. The molecule has 0 N–H and O–H groups in total. The highest BCUT2D eigenvalue weighted by atomic mass is 35.5. The molecule has 3 aromatic carbocycles. The minimum atomic E-state index is -0.429. The topological polar surface area (TPSA) is 84.5 Å². The monoisotopic (exact) mass is 505 g/mol. The van der Waals surface area contributed by atoms with Gasteiger partial charge in [-0.15, -0.1) is 0 Å². The molecular formula is C26H21ClFN5O3. The third-order valence-electron chi connectivity index (χ3n) is 6.14. The molecule has 1 aliphatic heterocycles. The first kappa shape index (κ1) is 23.5. The molecule has 0 aliphatic carbocycles. The van der Waals surface area contributed by atoms with Crippen LogP contribution in [-0.4, -0.2) is 51.7 Å². The van der Waals surface area contributed by atoms with Crippen LogP contribution in [0.15, 0.2) is 78.9 Å². The minimum Gasteiger partial charge on any atom is -0.368 e. The summed E-state index contributed by atoms with van der Waals surface area (Å²) in [6.45, 7) is 2.08. The van der Waals surface area contributed by atoms with Gasteiger partial charge >= 0.3 is 0 Å². The molecule has 10 heteroatoms. The van der Waals surface area contributed by atoms with E-state index in [4.69, 9.17) is 11.6 Å². The molecule has 1 amide bonds. The number of nitro benzene ring substituents is 1. The standard InChI is InChI=1S/C26H21ClFN5O3/c27-23-4-2-1-3-22(23)24-17-25(32(29-24)20-7-5-18(28)6-8-20)26(34)31-15-13-30(14-16-31)19-9-11-21(12-10-19)33(35)36/h1-12,17H,13-16H2. The molecular weight excluding hydrogens is 485 g/mol. The maximum atomic E-state index is 13.6. The SMILES string of the molecule is O=C(c1cc(-c2ccccc2Cl)nn1-c1ccc(F)cc1)N1CCN(c2ccc([N+](=O)[O-])cc2)CC1. The number of anilines is 1. The first-order valence-corrected chi connectivity index (χ1v) is 11.7. The molecule has 4 aromatic rings. The van der Waals surface area contributed by atoms with Crippen LogP contribution in [0.3, 0.4) is 0 Å². The van der Waals surface area contributed by atoms with Gasteiger partial charge < -0.3 is 9.80 Å². The van der Waals surface area contributed by atoms with Crippen molar-refractivity contribution in [3.05, 3.63) is 106 Å². The van der Waals surface area contributed by atoms with E-state index in [0.717, 1.165) is 5.69 Å². The van der Waals surface area contributed by atoms with Crippen molar-refractivity contribution >= 4 is 28.9 Å². The molecule has 0 spiro atoms. The fourth-order valence-corrected chi connectivity index (χ4v) is 4.46. The lowest BCUT2D eigenvalue weighted by atomic mass is 10.1. The van der Waals surface area contributed by atoms with Gasteiger partial charge in [-0.05, 0) is 48.5 Å². The van der Waals surface area contributed by atoms with Crippen LogP contribution in [0.4, 0.5) is 15.8 Å². The lowest BCUT2D eigenvalue weighted by molar-refractivity contribution is -0.384. The second kappa shape index (κ2) is 9.79. The number of non-ortho nitro benzene ring substituents is 1. The summed E-state index contributed by atoms with van der Waals surface area (Å²) in [4.78, 5) is 27.9. The molecule has 0 bridgehead atoms. The molecule has 0 radical (unpaired) electrons. The van der Waals surface area contributed by atoms with E-state index in [9.17, 15) is 19.3 Å². The maximum Gasteiger partial charge on any atom is 0.272 e. The van der Waals surface area contributed by atoms with E-state index in [0.29, 0.717) is 53.8 Å². The number of piperazine rings is 1. The van der Waals surface area contributed by atoms with Gasteiger partial charge in [0.15, 0.2) is 0 Å². The summed E-state index contributed by atoms with van der Waals surface area (Å²) >= 11 is 6.38. The van der Waals surface area contributed by atoms with E-state index in [-0.39, 0.29) is 17.4 Å². The molecule has 182 valence electrons. The Morgan fingerprint density at radius 2 is 1.56 bits per heavy atom. The number of hydrogen-bond acceptors (Lipinski definition) is 5. The van der Waals surface area contributed by atoms with Gasteiger partial charge in [-0.1, -0.05) is 29.8 Å². The Morgan fingerprint density at radius 3 is 2.19 bits per heavy atom. The van der Waals surface area contributed by atoms with Crippen LogP contribution in [0.1, 0.15) is 10.5 Å². The molecule has 36 heavy (non-hydrogen) atoms. The van der Waals surface area contributed by atoms with Gasteiger partial charge in [-0.2, -0.15) is 5.10 Å². The van der Waals surface area contributed by atoms with Crippen molar-refractivity contribution < 1.29 is 14.1 Å². The van der Waals surface area contributed by atoms with Gasteiger partial charge in [-0.25, -0.2) is 9.07 Å². The molecule has 0 saturated carbocycles. The number of nitrogens with zero attached hydrogens (tertiary/aromatic N) is 5. The van der Waals surface area contributed by atoms with E-state index in [1.54, 1.807) is 41.3 Å². The number of carbonyl (C=O) groups is 1. The van der Waals surface area contributed by atoms with E-state index < -0.39 is 4.92 Å². The van der Waals surface area contributed by atoms with Gasteiger partial charge in [0, 0.05) is 49.6 Å². The summed E-state index contributed by atoms with van der Waals surface area (Å²) in [5, 5.41) is 16.1. The van der Waals surface area contributed by atoms with Gasteiger partial charge in [0.2, 0.25) is 0 Å². The van der Waals surface area contributed by atoms with E-state index >= 15 is 0 Å². The number of nitro groups is 1. The number of carbonyl (C=O) groups excluding carboxylic acids is 1. The zero-order valence-corrected chi connectivity index (χ0v) is 19.8. The van der Waals surface area contributed by atoms with Crippen molar-refractivity contribution in [2.45, 2.75) is 0 Å². The largest absolute Gasteiger partial charge is 0.368 e. The third kappa shape index (κ3) is 4.65. The molecule has 0 atom stereocenters. The van der Waals surface area contributed by atoms with Crippen LogP contribution in [0, 0.1) is 15.9 Å². The molecule has 8 nitrogen and oxygen atoms in total. The highest BCUT2D eigenvalue weighted by Crippen LogP contribution is 2.29. The molecule has 5 rings (SSSR count). The normalized spacial score (nSPS) is 13.6. The lowest BCUT2D eigenvalue weighted by Gasteiger charge is -2.36. The van der Waals surface area contributed by atoms with Crippen molar-refractivity contribution in [2.24, 2.45) is 0 Å². The number of amides is 1. The van der Waals surface area contributed by atoms with Gasteiger partial charge in [0.1, 0.15) is 11.5 Å². The Balaban J connectivity index is 1.40. The van der Waals surface area contributed by atoms with Crippen molar-refractivity contribution in [2.75, 3.05) is 31.1 Å². The van der Waals surface area contributed by atoms with Crippen LogP contribution in [0.5, 0.6) is 0 Å². The van der Waals surface area contributed by atoms with E-state index in [2.05, 4.69) is 10.00 Å². The Morgan fingerprint density at radius 1 is 0.917 bits per heavy atom. The van der Waals surface area contributed by atoms with Crippen molar-refractivity contribution in [1.29, 1.82) is 0 Å². The summed E-state index contributed by atoms with van der Waals surface area (Å²) < 4.78 is 15.1. The summed E-state index contributed by atoms with van der Waals surface area (Å²) in [5.74, 6) is -0.582. The predicted octanol–water partition coefficient (Wildman–Crippen LogP) is 5.20. The summed E-state index contributed by atoms with van der Waals surface area (Å²) in [6.07, 6.45) is 0. The van der Waals surface area contributed by atoms with Gasteiger partial charge in [-0.3, -0.25) is 14.9 Å². The maximum absolute atomic E-state index is 13.6. The number of hydrogen-bond donors (Lipinski definition) is 0.